The molecule has 23 heavy (non-hydrogen) atoms. The Bertz CT molecular complexity index is 622. The highest BCUT2D eigenvalue weighted by Crippen LogP contribution is 2.19. The first-order valence-corrected chi connectivity index (χ1v) is 7.38. The van der Waals surface area contributed by atoms with Gasteiger partial charge in [-0.25, -0.2) is 0 Å². The maximum atomic E-state index is 10.5. The standard InChI is InChI=1S/C18H20O5/c1-21-16-3-2-4-17(13-16)23-12-11-22-15-8-5-14(6-9-15)7-10-18(19)20/h2-6,8-9,13H,7,10-12H2,1H3,(H,19,20). The fourth-order valence-corrected chi connectivity index (χ4v) is 2.01. The van der Waals surface area contributed by atoms with Crippen LogP contribution in [-0.4, -0.2) is 31.4 Å². The fourth-order valence-electron chi connectivity index (χ4n) is 2.01. The van der Waals surface area contributed by atoms with Gasteiger partial charge in [0.25, 0.3) is 0 Å². The molecule has 0 bridgehead atoms. The Morgan fingerprint density at radius 2 is 1.61 bits per heavy atom. The van der Waals surface area contributed by atoms with E-state index in [-0.39, 0.29) is 6.42 Å². The minimum absolute atomic E-state index is 0.134. The molecule has 122 valence electrons. The lowest BCUT2D eigenvalue weighted by Gasteiger charge is -2.09. The van der Waals surface area contributed by atoms with Gasteiger partial charge in [0.15, 0.2) is 0 Å². The van der Waals surface area contributed by atoms with E-state index in [1.165, 1.54) is 0 Å². The van der Waals surface area contributed by atoms with E-state index in [9.17, 15) is 4.79 Å². The average molecular weight is 316 g/mol. The van der Waals surface area contributed by atoms with Crippen LogP contribution in [0, 0.1) is 0 Å². The second-order valence-corrected chi connectivity index (χ2v) is 4.91. The molecule has 2 aromatic rings. The third-order valence-electron chi connectivity index (χ3n) is 3.21. The van der Waals surface area contributed by atoms with Crippen molar-refractivity contribution in [1.82, 2.24) is 0 Å². The van der Waals surface area contributed by atoms with Crippen LogP contribution in [0.5, 0.6) is 17.2 Å². The highest BCUT2D eigenvalue weighted by Gasteiger charge is 2.01. The molecular formula is C18H20O5. The van der Waals surface area contributed by atoms with E-state index in [1.807, 2.05) is 48.5 Å². The van der Waals surface area contributed by atoms with Gasteiger partial charge in [0, 0.05) is 12.5 Å². The zero-order valence-corrected chi connectivity index (χ0v) is 13.0. The van der Waals surface area contributed by atoms with Gasteiger partial charge < -0.3 is 19.3 Å². The molecule has 0 aromatic heterocycles. The number of ether oxygens (including phenoxy) is 3. The molecule has 0 aliphatic carbocycles. The van der Waals surface area contributed by atoms with E-state index in [2.05, 4.69) is 0 Å². The number of aliphatic carboxylic acids is 1. The molecule has 0 unspecified atom stereocenters. The SMILES string of the molecule is COc1cccc(OCCOc2ccc(CCC(=O)O)cc2)c1. The van der Waals surface area contributed by atoms with Gasteiger partial charge in [0.05, 0.1) is 7.11 Å². The van der Waals surface area contributed by atoms with Crippen LogP contribution in [0.2, 0.25) is 0 Å². The third-order valence-corrected chi connectivity index (χ3v) is 3.21. The van der Waals surface area contributed by atoms with Crippen LogP contribution in [0.15, 0.2) is 48.5 Å². The van der Waals surface area contributed by atoms with Gasteiger partial charge in [0.1, 0.15) is 30.5 Å². The zero-order valence-electron chi connectivity index (χ0n) is 13.0. The monoisotopic (exact) mass is 316 g/mol. The molecule has 0 aliphatic rings. The summed E-state index contributed by atoms with van der Waals surface area (Å²) in [4.78, 5) is 10.5. The zero-order chi connectivity index (χ0) is 16.5. The molecule has 0 atom stereocenters. The normalized spacial score (nSPS) is 10.1. The highest BCUT2D eigenvalue weighted by atomic mass is 16.5. The van der Waals surface area contributed by atoms with Crippen LogP contribution in [0.1, 0.15) is 12.0 Å². The first kappa shape index (κ1) is 16.7. The number of aryl methyl sites for hydroxylation is 1. The number of hydrogen-bond donors (Lipinski definition) is 1. The van der Waals surface area contributed by atoms with E-state index in [1.54, 1.807) is 7.11 Å². The van der Waals surface area contributed by atoms with Crippen molar-refractivity contribution in [3.63, 3.8) is 0 Å². The molecular weight excluding hydrogens is 296 g/mol. The number of methoxy groups -OCH3 is 1. The van der Waals surface area contributed by atoms with E-state index in [4.69, 9.17) is 19.3 Å². The topological polar surface area (TPSA) is 65.0 Å². The largest absolute Gasteiger partial charge is 0.497 e. The molecule has 5 nitrogen and oxygen atoms in total. The molecule has 5 heteroatoms. The predicted octanol–water partition coefficient (Wildman–Crippen LogP) is 3.17. The molecule has 2 rings (SSSR count). The van der Waals surface area contributed by atoms with Crippen LogP contribution >= 0.6 is 0 Å². The summed E-state index contributed by atoms with van der Waals surface area (Å²) in [7, 11) is 1.61. The minimum Gasteiger partial charge on any atom is -0.497 e. The van der Waals surface area contributed by atoms with Crippen LogP contribution in [0.4, 0.5) is 0 Å². The van der Waals surface area contributed by atoms with Crippen molar-refractivity contribution < 1.29 is 24.1 Å². The summed E-state index contributed by atoms with van der Waals surface area (Å²) < 4.78 is 16.3. The Labute approximate surface area is 135 Å². The summed E-state index contributed by atoms with van der Waals surface area (Å²) in [5.74, 6) is 1.43. The maximum Gasteiger partial charge on any atom is 0.303 e. The van der Waals surface area contributed by atoms with Crippen molar-refractivity contribution in [3.05, 3.63) is 54.1 Å². The summed E-state index contributed by atoms with van der Waals surface area (Å²) in [5, 5.41) is 8.65. The lowest BCUT2D eigenvalue weighted by molar-refractivity contribution is -0.136. The molecule has 0 radical (unpaired) electrons. The van der Waals surface area contributed by atoms with E-state index in [0.717, 1.165) is 22.8 Å². The van der Waals surface area contributed by atoms with Crippen molar-refractivity contribution in [3.8, 4) is 17.2 Å². The Balaban J connectivity index is 1.72. The molecule has 0 heterocycles. The van der Waals surface area contributed by atoms with Gasteiger partial charge in [-0.15, -0.1) is 0 Å². The fraction of sp³-hybridized carbons (Fsp3) is 0.278. The van der Waals surface area contributed by atoms with Crippen LogP contribution in [-0.2, 0) is 11.2 Å². The maximum absolute atomic E-state index is 10.5. The van der Waals surface area contributed by atoms with Gasteiger partial charge in [-0.05, 0) is 36.2 Å². The van der Waals surface area contributed by atoms with Crippen molar-refractivity contribution >= 4 is 5.97 Å². The van der Waals surface area contributed by atoms with Crippen LogP contribution < -0.4 is 14.2 Å². The Hall–Kier alpha value is -2.69. The number of carboxylic acids is 1. The van der Waals surface area contributed by atoms with Crippen LogP contribution in [0.25, 0.3) is 0 Å². The number of benzene rings is 2. The Kier molecular flexibility index (Phi) is 6.29. The van der Waals surface area contributed by atoms with Gasteiger partial charge in [-0.3, -0.25) is 4.79 Å². The third kappa shape index (κ3) is 5.90. The van der Waals surface area contributed by atoms with E-state index >= 15 is 0 Å². The smallest absolute Gasteiger partial charge is 0.303 e. The molecule has 0 aliphatic heterocycles. The quantitative estimate of drug-likeness (QED) is 0.720. The second kappa shape index (κ2) is 8.68. The summed E-state index contributed by atoms with van der Waals surface area (Å²) in [6.45, 7) is 0.847. The second-order valence-electron chi connectivity index (χ2n) is 4.91. The van der Waals surface area contributed by atoms with E-state index in [0.29, 0.717) is 19.6 Å². The molecule has 0 fully saturated rings. The Morgan fingerprint density at radius 3 is 2.26 bits per heavy atom. The van der Waals surface area contributed by atoms with Crippen LogP contribution in [0.3, 0.4) is 0 Å². The van der Waals surface area contributed by atoms with Gasteiger partial charge in [-0.1, -0.05) is 18.2 Å². The minimum atomic E-state index is -0.792. The first-order chi connectivity index (χ1) is 11.2. The number of rotatable bonds is 9. The summed E-state index contributed by atoms with van der Waals surface area (Å²) in [6, 6.07) is 14.8. The molecule has 1 N–H and O–H groups in total. The van der Waals surface area contributed by atoms with Crippen molar-refractivity contribution in [2.75, 3.05) is 20.3 Å². The molecule has 0 saturated heterocycles. The van der Waals surface area contributed by atoms with Gasteiger partial charge in [0.2, 0.25) is 0 Å². The predicted molar refractivity (Wildman–Crippen MR) is 86.4 cm³/mol. The summed E-state index contributed by atoms with van der Waals surface area (Å²) >= 11 is 0. The summed E-state index contributed by atoms with van der Waals surface area (Å²) in [5.41, 5.74) is 0.979. The number of hydrogen-bond acceptors (Lipinski definition) is 4. The number of carbonyl (C=O) groups is 1. The highest BCUT2D eigenvalue weighted by molar-refractivity contribution is 5.67. The molecule has 0 spiro atoms. The molecule has 0 saturated carbocycles. The van der Waals surface area contributed by atoms with Crippen molar-refractivity contribution in [2.45, 2.75) is 12.8 Å². The first-order valence-electron chi connectivity index (χ1n) is 7.38. The van der Waals surface area contributed by atoms with Gasteiger partial charge >= 0.3 is 5.97 Å². The molecule has 0 amide bonds. The average Bonchev–Trinajstić information content (AvgIpc) is 2.58. The Morgan fingerprint density at radius 1 is 0.957 bits per heavy atom. The van der Waals surface area contributed by atoms with E-state index < -0.39 is 5.97 Å². The molecule has 2 aromatic carbocycles. The van der Waals surface area contributed by atoms with Crippen molar-refractivity contribution in [2.24, 2.45) is 0 Å². The van der Waals surface area contributed by atoms with Gasteiger partial charge in [-0.2, -0.15) is 0 Å². The van der Waals surface area contributed by atoms with Crippen molar-refractivity contribution in [1.29, 1.82) is 0 Å². The lowest BCUT2D eigenvalue weighted by Crippen LogP contribution is -2.09. The summed E-state index contributed by atoms with van der Waals surface area (Å²) in [6.07, 6.45) is 0.656. The number of carboxylic acid groups (broad SMARTS) is 1. The lowest BCUT2D eigenvalue weighted by atomic mass is 10.1.